The highest BCUT2D eigenvalue weighted by Gasteiger charge is 2.55. The van der Waals surface area contributed by atoms with E-state index in [0.717, 1.165) is 0 Å². The third-order valence-electron chi connectivity index (χ3n) is 8.21. The van der Waals surface area contributed by atoms with Gasteiger partial charge in [0.25, 0.3) is 0 Å². The molecule has 4 saturated heterocycles. The van der Waals surface area contributed by atoms with Gasteiger partial charge in [-0.2, -0.15) is 0 Å². The lowest BCUT2D eigenvalue weighted by molar-refractivity contribution is -0.405. The molecule has 4 rings (SSSR count). The normalized spacial score (nSPS) is 52.9. The molecule has 0 amide bonds. The topological polar surface area (TPSA) is 348 Å². The summed E-state index contributed by atoms with van der Waals surface area (Å²) >= 11 is 0. The first-order chi connectivity index (χ1) is 21.3. The van der Waals surface area contributed by atoms with Crippen molar-refractivity contribution >= 4 is 0 Å². The van der Waals surface area contributed by atoms with Crippen LogP contribution < -0.4 is 0 Å². The summed E-state index contributed by atoms with van der Waals surface area (Å²) < 4.78 is 38.3. The molecule has 0 aromatic rings. The highest BCUT2D eigenvalue weighted by atomic mass is 16.8. The molecule has 4 heterocycles. The van der Waals surface area contributed by atoms with Gasteiger partial charge in [0.2, 0.25) is 0 Å². The molecule has 8 unspecified atom stereocenters. The van der Waals surface area contributed by atoms with Crippen molar-refractivity contribution in [2.45, 2.75) is 123 Å². The fourth-order valence-electron chi connectivity index (χ4n) is 5.48. The Kier molecular flexibility index (Phi) is 12.8. The van der Waals surface area contributed by atoms with Gasteiger partial charge in [0.15, 0.2) is 25.2 Å². The summed E-state index contributed by atoms with van der Waals surface area (Å²) in [5, 5.41) is 143. The molecule has 0 saturated carbocycles. The van der Waals surface area contributed by atoms with Crippen LogP contribution >= 0.6 is 0 Å². The molecule has 0 aromatic carbocycles. The van der Waals surface area contributed by atoms with Crippen LogP contribution in [0, 0.1) is 0 Å². The number of aliphatic hydroxyl groups excluding tert-OH is 14. The van der Waals surface area contributed by atoms with E-state index in [9.17, 15) is 71.5 Å². The van der Waals surface area contributed by atoms with E-state index in [2.05, 4.69) is 0 Å². The number of hydrogen-bond acceptors (Lipinski definition) is 21. The summed E-state index contributed by atoms with van der Waals surface area (Å²) in [7, 11) is 0. The van der Waals surface area contributed by atoms with E-state index in [0.29, 0.717) is 0 Å². The maximum atomic E-state index is 11.0. The number of rotatable bonds is 10. The molecule has 21 heteroatoms. The molecule has 0 spiro atoms. The maximum absolute atomic E-state index is 11.0. The number of hydrogen-bond donors (Lipinski definition) is 14. The molecule has 21 nitrogen and oxygen atoms in total. The van der Waals surface area contributed by atoms with E-state index in [1.165, 1.54) is 0 Å². The second-order valence-corrected chi connectivity index (χ2v) is 11.1. The average molecular weight is 667 g/mol. The fourth-order valence-corrected chi connectivity index (χ4v) is 5.48. The summed E-state index contributed by atoms with van der Waals surface area (Å²) in [4.78, 5) is 0. The quantitative estimate of drug-likeness (QED) is 0.103. The lowest BCUT2D eigenvalue weighted by Gasteiger charge is -2.49. The third-order valence-corrected chi connectivity index (χ3v) is 8.21. The predicted molar refractivity (Wildman–Crippen MR) is 134 cm³/mol. The van der Waals surface area contributed by atoms with E-state index in [1.807, 2.05) is 0 Å². The monoisotopic (exact) mass is 666 g/mol. The van der Waals surface area contributed by atoms with Crippen LogP contribution in [0.4, 0.5) is 0 Å². The van der Waals surface area contributed by atoms with E-state index in [1.54, 1.807) is 0 Å². The average Bonchev–Trinajstić information content (AvgIpc) is 3.03. The van der Waals surface area contributed by atoms with Crippen molar-refractivity contribution in [2.75, 3.05) is 26.4 Å². The summed E-state index contributed by atoms with van der Waals surface area (Å²) in [6.07, 6.45) is -36.6. The van der Waals surface area contributed by atoms with E-state index in [-0.39, 0.29) is 0 Å². The lowest BCUT2D eigenvalue weighted by Crippen LogP contribution is -2.68. The minimum Gasteiger partial charge on any atom is -0.394 e. The van der Waals surface area contributed by atoms with Crippen LogP contribution in [0.25, 0.3) is 0 Å². The van der Waals surface area contributed by atoms with E-state index < -0.39 is 149 Å². The van der Waals surface area contributed by atoms with Gasteiger partial charge in [0.05, 0.1) is 26.4 Å². The minimum absolute atomic E-state index is 0.791. The molecular weight excluding hydrogens is 624 g/mol. The van der Waals surface area contributed by atoms with Crippen LogP contribution in [-0.4, -0.2) is 221 Å². The molecule has 0 radical (unpaired) electrons. The second-order valence-electron chi connectivity index (χ2n) is 11.1. The van der Waals surface area contributed by atoms with Crippen LogP contribution in [0.2, 0.25) is 0 Å². The summed E-state index contributed by atoms with van der Waals surface area (Å²) in [6.45, 7) is -3.41. The van der Waals surface area contributed by atoms with Gasteiger partial charge >= 0.3 is 0 Å². The molecule has 4 fully saturated rings. The Labute approximate surface area is 254 Å². The van der Waals surface area contributed by atoms with Crippen molar-refractivity contribution in [3.63, 3.8) is 0 Å². The summed E-state index contributed by atoms with van der Waals surface area (Å²) in [6, 6.07) is 0. The van der Waals surface area contributed by atoms with Crippen molar-refractivity contribution < 1.29 is 105 Å². The van der Waals surface area contributed by atoms with Gasteiger partial charge in [-0.25, -0.2) is 0 Å². The fraction of sp³-hybridized carbons (Fsp3) is 1.00. The van der Waals surface area contributed by atoms with Crippen molar-refractivity contribution in [3.05, 3.63) is 0 Å². The Morgan fingerprint density at radius 1 is 0.333 bits per heavy atom. The zero-order valence-electron chi connectivity index (χ0n) is 23.5. The van der Waals surface area contributed by atoms with Gasteiger partial charge < -0.3 is 105 Å². The van der Waals surface area contributed by atoms with Crippen molar-refractivity contribution in [1.29, 1.82) is 0 Å². The Morgan fingerprint density at radius 3 is 1.07 bits per heavy atom. The molecule has 0 bridgehead atoms. The predicted octanol–water partition coefficient (Wildman–Crippen LogP) is -9.75. The lowest BCUT2D eigenvalue weighted by atomic mass is 9.96. The molecule has 0 aliphatic carbocycles. The molecule has 0 aromatic heterocycles. The molecule has 4 aliphatic rings. The Hall–Kier alpha value is -0.840. The van der Waals surface area contributed by atoms with Crippen LogP contribution in [0.5, 0.6) is 0 Å². The SMILES string of the molecule is OCC1O[C@H](OC2[C@@H](OC3[C@@H](OC4[C@@H](O)[C@H](O)C(CO)O[C@@H]4O)OC(CO)[C@@H](O)[C@@H]3O)OC(CO)[C@@H](O)[C@@H]2O)C(O)[C@@H](O)[C@@H]1O. The first kappa shape index (κ1) is 37.0. The van der Waals surface area contributed by atoms with E-state index >= 15 is 0 Å². The highest BCUT2D eigenvalue weighted by molar-refractivity contribution is 4.97. The summed E-state index contributed by atoms with van der Waals surface area (Å²) in [5.41, 5.74) is 0. The molecule has 20 atom stereocenters. The van der Waals surface area contributed by atoms with Crippen molar-refractivity contribution in [1.82, 2.24) is 0 Å². The second kappa shape index (κ2) is 15.6. The largest absolute Gasteiger partial charge is 0.394 e. The van der Waals surface area contributed by atoms with E-state index in [4.69, 9.17) is 33.2 Å². The Balaban J connectivity index is 1.61. The molecular formula is C24H42O21. The standard InChI is InChI=1S/C24H42O21/c25-1-5-10(30)14(34)18(21(38)39-5)43-23-20(16(36)12(32)7(3-27)41-23)45-24-19(15(35)11(31)8(4-28)42-24)44-22-17(37)13(33)9(29)6(2-26)40-22/h5-38H,1-4H2/t5?,6?,7?,8?,9-,10-,11-,12-,13+,14+,15+,16+,17?,18?,19?,20?,21+,22-,23-,24-/m1/s1. The number of aliphatic hydroxyl groups is 14. The maximum Gasteiger partial charge on any atom is 0.187 e. The zero-order valence-corrected chi connectivity index (χ0v) is 23.5. The Morgan fingerprint density at radius 2 is 0.644 bits per heavy atom. The molecule has 4 aliphatic heterocycles. The minimum atomic E-state index is -2.03. The van der Waals surface area contributed by atoms with Gasteiger partial charge in [0, 0.05) is 0 Å². The zero-order chi connectivity index (χ0) is 33.3. The van der Waals surface area contributed by atoms with Crippen LogP contribution in [0.3, 0.4) is 0 Å². The third kappa shape index (κ3) is 7.44. The molecule has 45 heavy (non-hydrogen) atoms. The number of ether oxygens (including phenoxy) is 7. The van der Waals surface area contributed by atoms with Gasteiger partial charge in [0.1, 0.15) is 97.7 Å². The first-order valence-electron chi connectivity index (χ1n) is 14.1. The first-order valence-corrected chi connectivity index (χ1v) is 14.1. The van der Waals surface area contributed by atoms with Crippen LogP contribution in [0.15, 0.2) is 0 Å². The Bertz CT molecular complexity index is 916. The van der Waals surface area contributed by atoms with Crippen LogP contribution in [-0.2, 0) is 33.2 Å². The van der Waals surface area contributed by atoms with Crippen LogP contribution in [0.1, 0.15) is 0 Å². The molecule has 264 valence electrons. The molecule has 14 N–H and O–H groups in total. The summed E-state index contributed by atoms with van der Waals surface area (Å²) in [5.74, 6) is 0. The van der Waals surface area contributed by atoms with Gasteiger partial charge in [-0.05, 0) is 0 Å². The van der Waals surface area contributed by atoms with Crippen molar-refractivity contribution in [2.24, 2.45) is 0 Å². The van der Waals surface area contributed by atoms with Gasteiger partial charge in [-0.3, -0.25) is 0 Å². The van der Waals surface area contributed by atoms with Gasteiger partial charge in [-0.1, -0.05) is 0 Å². The van der Waals surface area contributed by atoms with Gasteiger partial charge in [-0.15, -0.1) is 0 Å². The van der Waals surface area contributed by atoms with Crippen molar-refractivity contribution in [3.8, 4) is 0 Å². The highest BCUT2D eigenvalue weighted by Crippen LogP contribution is 2.34. The smallest absolute Gasteiger partial charge is 0.187 e.